The van der Waals surface area contributed by atoms with E-state index in [2.05, 4.69) is 47.8 Å². The average molecular weight is 468 g/mol. The van der Waals surface area contributed by atoms with Crippen molar-refractivity contribution in [2.24, 2.45) is 0 Å². The smallest absolute Gasteiger partial charge is 0.139 e. The molecule has 8 nitrogen and oxygen atoms in total. The first-order valence-corrected chi connectivity index (χ1v) is 11.4. The summed E-state index contributed by atoms with van der Waals surface area (Å²) in [6, 6.07) is 9.36. The van der Waals surface area contributed by atoms with Crippen molar-refractivity contribution in [2.75, 3.05) is 39.3 Å². The molecule has 178 valence electrons. The Hall–Kier alpha value is -3.21. The summed E-state index contributed by atoms with van der Waals surface area (Å²) in [6.07, 6.45) is 6.71. The Morgan fingerprint density at radius 1 is 0.971 bits per heavy atom. The maximum absolute atomic E-state index is 14.7. The minimum atomic E-state index is -1.58. The van der Waals surface area contributed by atoms with Gasteiger partial charge in [-0.3, -0.25) is 9.80 Å². The Kier molecular flexibility index (Phi) is 6.36. The number of rotatable bonds is 8. The Morgan fingerprint density at radius 3 is 2.56 bits per heavy atom. The van der Waals surface area contributed by atoms with Crippen LogP contribution in [0.3, 0.4) is 0 Å². The molecule has 1 fully saturated rings. The second-order valence-corrected chi connectivity index (χ2v) is 8.79. The number of pyridine rings is 1. The number of fused-ring (bicyclic) bond motifs is 1. The third-order valence-corrected chi connectivity index (χ3v) is 6.45. The lowest BCUT2D eigenvalue weighted by molar-refractivity contribution is -0.0319. The third-order valence-electron chi connectivity index (χ3n) is 6.45. The highest BCUT2D eigenvalue weighted by Gasteiger charge is 2.36. The zero-order chi connectivity index (χ0) is 23.5. The van der Waals surface area contributed by atoms with Crippen molar-refractivity contribution in [1.82, 2.24) is 34.1 Å². The van der Waals surface area contributed by atoms with Crippen LogP contribution in [0.5, 0.6) is 0 Å². The van der Waals surface area contributed by atoms with Gasteiger partial charge in [0.1, 0.15) is 35.5 Å². The monoisotopic (exact) mass is 467 g/mol. The molecule has 4 aromatic rings. The molecule has 1 aromatic carbocycles. The molecule has 0 saturated carbocycles. The van der Waals surface area contributed by atoms with E-state index in [0.717, 1.165) is 56.4 Å². The summed E-state index contributed by atoms with van der Waals surface area (Å²) in [5.74, 6) is -1.45. The van der Waals surface area contributed by atoms with E-state index in [1.54, 1.807) is 0 Å². The Morgan fingerprint density at radius 2 is 1.79 bits per heavy atom. The minimum Gasteiger partial charge on any atom is -0.382 e. The van der Waals surface area contributed by atoms with Crippen molar-refractivity contribution in [2.45, 2.75) is 18.7 Å². The zero-order valence-corrected chi connectivity index (χ0v) is 18.8. The third kappa shape index (κ3) is 4.84. The molecule has 1 aliphatic heterocycles. The first kappa shape index (κ1) is 22.6. The molecule has 0 radical (unpaired) electrons. The van der Waals surface area contributed by atoms with Crippen LogP contribution >= 0.6 is 0 Å². The van der Waals surface area contributed by atoms with Crippen molar-refractivity contribution < 1.29 is 13.9 Å². The fraction of sp³-hybridized carbons (Fsp3) is 0.375. The molecule has 1 saturated heterocycles. The number of β-amino-alcohol motifs (C(OH)–C–C–N with tert-alkyl or cyclic N) is 1. The maximum Gasteiger partial charge on any atom is 0.139 e. The first-order valence-electron chi connectivity index (χ1n) is 11.4. The van der Waals surface area contributed by atoms with E-state index in [1.807, 2.05) is 12.3 Å². The topological polar surface area (TPSA) is 75.2 Å². The quantitative estimate of drug-likeness (QED) is 0.428. The first-order chi connectivity index (χ1) is 16.5. The summed E-state index contributed by atoms with van der Waals surface area (Å²) in [6.45, 7) is 5.08. The van der Waals surface area contributed by atoms with Gasteiger partial charge in [-0.1, -0.05) is 6.07 Å². The minimum absolute atomic E-state index is 0.0173. The van der Waals surface area contributed by atoms with E-state index in [4.69, 9.17) is 0 Å². The van der Waals surface area contributed by atoms with Gasteiger partial charge in [0, 0.05) is 75.2 Å². The maximum atomic E-state index is 14.7. The van der Waals surface area contributed by atoms with Crippen LogP contribution in [0.25, 0.3) is 11.0 Å². The number of benzene rings is 1. The molecule has 5 rings (SSSR count). The predicted molar refractivity (Wildman–Crippen MR) is 123 cm³/mol. The van der Waals surface area contributed by atoms with Crippen molar-refractivity contribution in [3.05, 3.63) is 78.6 Å². The molecule has 0 aliphatic carbocycles. The van der Waals surface area contributed by atoms with Gasteiger partial charge < -0.3 is 9.67 Å². The SMILES string of the molecule is OC(CN1CCN(CCn2ccc3cccnc32)CC1)(Cn1cncn1)c1ccc(F)cc1F. The average Bonchev–Trinajstić information content (AvgIpc) is 3.48. The van der Waals surface area contributed by atoms with Gasteiger partial charge in [-0.2, -0.15) is 5.10 Å². The lowest BCUT2D eigenvalue weighted by Gasteiger charge is -2.39. The van der Waals surface area contributed by atoms with Gasteiger partial charge in [-0.25, -0.2) is 23.4 Å². The van der Waals surface area contributed by atoms with Crippen LogP contribution in [-0.4, -0.2) is 78.5 Å². The molecule has 0 bridgehead atoms. The highest BCUT2D eigenvalue weighted by atomic mass is 19.1. The van der Waals surface area contributed by atoms with Crippen LogP contribution < -0.4 is 0 Å². The summed E-state index contributed by atoms with van der Waals surface area (Å²) in [5.41, 5.74) is -0.539. The normalized spacial score (nSPS) is 17.3. The van der Waals surface area contributed by atoms with Crippen LogP contribution in [0, 0.1) is 11.6 Å². The number of nitrogens with zero attached hydrogens (tertiary/aromatic N) is 7. The summed E-state index contributed by atoms with van der Waals surface area (Å²) >= 11 is 0. The summed E-state index contributed by atoms with van der Waals surface area (Å²) < 4.78 is 31.8. The molecule has 1 aliphatic rings. The molecular weight excluding hydrogens is 440 g/mol. The predicted octanol–water partition coefficient (Wildman–Crippen LogP) is 2.11. The highest BCUT2D eigenvalue weighted by molar-refractivity contribution is 5.75. The van der Waals surface area contributed by atoms with E-state index in [-0.39, 0.29) is 18.7 Å². The molecule has 4 heterocycles. The van der Waals surface area contributed by atoms with Gasteiger partial charge in [0.15, 0.2) is 0 Å². The second-order valence-electron chi connectivity index (χ2n) is 8.79. The van der Waals surface area contributed by atoms with Crippen molar-refractivity contribution in [3.63, 3.8) is 0 Å². The Balaban J connectivity index is 1.23. The molecular formula is C24H27F2N7O. The van der Waals surface area contributed by atoms with Crippen LogP contribution in [0.2, 0.25) is 0 Å². The number of piperazine rings is 1. The van der Waals surface area contributed by atoms with Gasteiger partial charge in [0.2, 0.25) is 0 Å². The van der Waals surface area contributed by atoms with Crippen LogP contribution in [0.15, 0.2) is 61.4 Å². The lowest BCUT2D eigenvalue weighted by Crippen LogP contribution is -2.52. The van der Waals surface area contributed by atoms with E-state index in [9.17, 15) is 13.9 Å². The van der Waals surface area contributed by atoms with E-state index >= 15 is 0 Å². The van der Waals surface area contributed by atoms with E-state index < -0.39 is 17.2 Å². The Labute approximate surface area is 196 Å². The molecule has 0 spiro atoms. The van der Waals surface area contributed by atoms with Crippen molar-refractivity contribution >= 4 is 11.0 Å². The van der Waals surface area contributed by atoms with Gasteiger partial charge in [-0.05, 0) is 24.3 Å². The Bertz CT molecular complexity index is 1240. The van der Waals surface area contributed by atoms with Crippen molar-refractivity contribution in [3.8, 4) is 0 Å². The standard InChI is InChI=1S/C24H27F2N7O/c25-20-3-4-21(22(26)14-20)24(34,16-33-18-27-17-29-33)15-31-10-8-30(9-11-31)12-13-32-7-5-19-2-1-6-28-23(19)32/h1-7,14,17-18,34H,8-13,15-16H2. The summed E-state index contributed by atoms with van der Waals surface area (Å²) in [7, 11) is 0. The molecule has 34 heavy (non-hydrogen) atoms. The van der Waals surface area contributed by atoms with Crippen LogP contribution in [-0.2, 0) is 18.7 Å². The van der Waals surface area contributed by atoms with Crippen LogP contribution in [0.4, 0.5) is 8.78 Å². The number of halogens is 2. The fourth-order valence-corrected chi connectivity index (χ4v) is 4.66. The highest BCUT2D eigenvalue weighted by Crippen LogP contribution is 2.28. The largest absolute Gasteiger partial charge is 0.382 e. The molecule has 3 aromatic heterocycles. The molecule has 1 N–H and O–H groups in total. The molecule has 1 unspecified atom stereocenters. The van der Waals surface area contributed by atoms with Crippen LogP contribution in [0.1, 0.15) is 5.56 Å². The van der Waals surface area contributed by atoms with Gasteiger partial charge in [-0.15, -0.1) is 0 Å². The molecule has 0 amide bonds. The second kappa shape index (κ2) is 9.57. The zero-order valence-electron chi connectivity index (χ0n) is 18.8. The number of hydrogen-bond acceptors (Lipinski definition) is 6. The summed E-state index contributed by atoms with van der Waals surface area (Å²) in [4.78, 5) is 12.9. The van der Waals surface area contributed by atoms with Gasteiger partial charge in [0.05, 0.1) is 6.54 Å². The molecule has 10 heteroatoms. The number of aromatic nitrogens is 5. The van der Waals surface area contributed by atoms with E-state index in [1.165, 1.54) is 29.5 Å². The number of hydrogen-bond donors (Lipinski definition) is 1. The fourth-order valence-electron chi connectivity index (χ4n) is 4.66. The summed E-state index contributed by atoms with van der Waals surface area (Å²) in [5, 5.41) is 16.8. The van der Waals surface area contributed by atoms with Crippen molar-refractivity contribution in [1.29, 1.82) is 0 Å². The van der Waals surface area contributed by atoms with Gasteiger partial charge >= 0.3 is 0 Å². The number of aliphatic hydroxyl groups is 1. The van der Waals surface area contributed by atoms with E-state index in [0.29, 0.717) is 0 Å². The molecule has 1 atom stereocenters. The lowest BCUT2D eigenvalue weighted by atomic mass is 9.92. The van der Waals surface area contributed by atoms with Gasteiger partial charge in [0.25, 0.3) is 0 Å².